The van der Waals surface area contributed by atoms with Crippen LogP contribution in [0.3, 0.4) is 0 Å². The molecule has 1 aliphatic rings. The predicted molar refractivity (Wildman–Crippen MR) is 72.0 cm³/mol. The molecule has 0 aliphatic carbocycles. The molecule has 1 fully saturated rings. The summed E-state index contributed by atoms with van der Waals surface area (Å²) in [5.41, 5.74) is 1.17. The molecule has 1 aromatic rings. The van der Waals surface area contributed by atoms with Gasteiger partial charge in [-0.05, 0) is 30.0 Å². The highest BCUT2D eigenvalue weighted by Gasteiger charge is 2.25. The molecule has 0 aromatic carbocycles. The molecule has 2 N–H and O–H groups in total. The van der Waals surface area contributed by atoms with E-state index >= 15 is 0 Å². The van der Waals surface area contributed by atoms with E-state index in [0.29, 0.717) is 6.04 Å². The van der Waals surface area contributed by atoms with Crippen molar-refractivity contribution in [3.05, 3.63) is 16.6 Å². The third-order valence-electron chi connectivity index (χ3n) is 3.33. The Kier molecular flexibility index (Phi) is 4.55. The Bertz CT molecular complexity index is 345. The fourth-order valence-corrected chi connectivity index (χ4v) is 2.74. The van der Waals surface area contributed by atoms with Crippen LogP contribution in [0.15, 0.2) is 10.9 Å². The number of H-pyrrole nitrogens is 1. The second-order valence-electron chi connectivity index (χ2n) is 4.52. The topological polar surface area (TPSA) is 47.2 Å². The summed E-state index contributed by atoms with van der Waals surface area (Å²) in [5, 5.41) is 3.27. The van der Waals surface area contributed by atoms with Crippen molar-refractivity contribution < 1.29 is 0 Å². The first-order valence-corrected chi connectivity index (χ1v) is 6.77. The van der Waals surface area contributed by atoms with Crippen molar-refractivity contribution in [2.45, 2.75) is 6.04 Å². The molecule has 0 spiro atoms. The second kappa shape index (κ2) is 5.95. The van der Waals surface area contributed by atoms with Gasteiger partial charge in [0.05, 0.1) is 18.1 Å². The van der Waals surface area contributed by atoms with Crippen molar-refractivity contribution in [1.82, 2.24) is 25.1 Å². The number of hydrogen-bond acceptors (Lipinski definition) is 4. The van der Waals surface area contributed by atoms with E-state index in [2.05, 4.69) is 48.1 Å². The molecular weight excluding hydrogens is 282 g/mol. The van der Waals surface area contributed by atoms with Gasteiger partial charge in [0, 0.05) is 32.7 Å². The largest absolute Gasteiger partial charge is 0.346 e. The smallest absolute Gasteiger partial charge is 0.128 e. The minimum Gasteiger partial charge on any atom is -0.346 e. The summed E-state index contributed by atoms with van der Waals surface area (Å²) in [6, 6.07) is 0.366. The van der Waals surface area contributed by atoms with E-state index in [1.807, 2.05) is 7.05 Å². The molecule has 2 heterocycles. The van der Waals surface area contributed by atoms with Crippen LogP contribution in [0.2, 0.25) is 0 Å². The molecular formula is C11H20BrN5. The van der Waals surface area contributed by atoms with Crippen molar-refractivity contribution in [3.63, 3.8) is 0 Å². The van der Waals surface area contributed by atoms with Crippen molar-refractivity contribution in [2.24, 2.45) is 0 Å². The van der Waals surface area contributed by atoms with E-state index in [9.17, 15) is 0 Å². The zero-order chi connectivity index (χ0) is 12.3. The number of imidazole rings is 1. The first-order chi connectivity index (χ1) is 8.22. The Morgan fingerprint density at radius 1 is 1.47 bits per heavy atom. The van der Waals surface area contributed by atoms with E-state index in [0.717, 1.165) is 37.3 Å². The van der Waals surface area contributed by atoms with Crippen molar-refractivity contribution >= 4 is 15.9 Å². The second-order valence-corrected chi connectivity index (χ2v) is 5.27. The van der Waals surface area contributed by atoms with E-state index < -0.39 is 0 Å². The van der Waals surface area contributed by atoms with Gasteiger partial charge in [0.25, 0.3) is 0 Å². The highest BCUT2D eigenvalue weighted by molar-refractivity contribution is 9.10. The van der Waals surface area contributed by atoms with Gasteiger partial charge in [-0.1, -0.05) is 0 Å². The van der Waals surface area contributed by atoms with E-state index in [1.165, 1.54) is 5.69 Å². The van der Waals surface area contributed by atoms with Gasteiger partial charge in [-0.15, -0.1) is 0 Å². The molecule has 0 amide bonds. The van der Waals surface area contributed by atoms with Crippen LogP contribution < -0.4 is 5.32 Å². The van der Waals surface area contributed by atoms with Gasteiger partial charge in [-0.25, -0.2) is 4.98 Å². The van der Waals surface area contributed by atoms with Gasteiger partial charge >= 0.3 is 0 Å². The lowest BCUT2D eigenvalue weighted by molar-refractivity contribution is 0.109. The van der Waals surface area contributed by atoms with Crippen molar-refractivity contribution in [3.8, 4) is 0 Å². The number of nitrogens with zero attached hydrogens (tertiary/aromatic N) is 3. The molecule has 96 valence electrons. The van der Waals surface area contributed by atoms with Crippen LogP contribution in [-0.2, 0) is 0 Å². The Labute approximate surface area is 111 Å². The van der Waals surface area contributed by atoms with Crippen molar-refractivity contribution in [1.29, 1.82) is 0 Å². The Morgan fingerprint density at radius 2 is 2.18 bits per heavy atom. The third kappa shape index (κ3) is 3.07. The number of nitrogens with one attached hydrogen (secondary N) is 2. The van der Waals surface area contributed by atoms with E-state index in [1.54, 1.807) is 6.33 Å². The molecule has 2 rings (SSSR count). The van der Waals surface area contributed by atoms with Crippen LogP contribution >= 0.6 is 15.9 Å². The molecule has 1 aromatic heterocycles. The van der Waals surface area contributed by atoms with E-state index in [4.69, 9.17) is 0 Å². The van der Waals surface area contributed by atoms with Gasteiger partial charge in [0.1, 0.15) is 4.60 Å². The normalized spacial score (nSPS) is 20.6. The quantitative estimate of drug-likeness (QED) is 0.859. The minimum absolute atomic E-state index is 0.366. The summed E-state index contributed by atoms with van der Waals surface area (Å²) in [4.78, 5) is 12.4. The number of piperazine rings is 1. The van der Waals surface area contributed by atoms with Crippen LogP contribution in [0.25, 0.3) is 0 Å². The summed E-state index contributed by atoms with van der Waals surface area (Å²) in [5.74, 6) is 0. The predicted octanol–water partition coefficient (Wildman–Crippen LogP) is 0.680. The zero-order valence-electron chi connectivity index (χ0n) is 10.4. The van der Waals surface area contributed by atoms with E-state index in [-0.39, 0.29) is 0 Å². The molecule has 17 heavy (non-hydrogen) atoms. The van der Waals surface area contributed by atoms with Crippen LogP contribution in [0.5, 0.6) is 0 Å². The van der Waals surface area contributed by atoms with Gasteiger partial charge in [-0.3, -0.25) is 4.90 Å². The first-order valence-electron chi connectivity index (χ1n) is 5.98. The molecule has 6 heteroatoms. The Morgan fingerprint density at radius 3 is 2.71 bits per heavy atom. The molecule has 1 atom stereocenters. The lowest BCUT2D eigenvalue weighted by Gasteiger charge is -2.37. The average molecular weight is 302 g/mol. The summed E-state index contributed by atoms with van der Waals surface area (Å²) in [6.07, 6.45) is 1.75. The average Bonchev–Trinajstić information content (AvgIpc) is 2.74. The lowest BCUT2D eigenvalue weighted by atomic mass is 10.1. The molecule has 0 bridgehead atoms. The molecule has 1 saturated heterocycles. The number of likely N-dealkylation sites (N-methyl/N-ethyl adjacent to an activating group) is 2. The summed E-state index contributed by atoms with van der Waals surface area (Å²) in [6.45, 7) is 5.41. The maximum absolute atomic E-state index is 4.23. The Balaban J connectivity index is 2.09. The van der Waals surface area contributed by atoms with Crippen LogP contribution in [0, 0.1) is 0 Å². The number of hydrogen-bond donors (Lipinski definition) is 2. The monoisotopic (exact) mass is 301 g/mol. The minimum atomic E-state index is 0.366. The lowest BCUT2D eigenvalue weighted by Crippen LogP contribution is -2.48. The number of halogens is 1. The zero-order valence-corrected chi connectivity index (χ0v) is 12.0. The molecule has 1 aliphatic heterocycles. The molecule has 5 nitrogen and oxygen atoms in total. The van der Waals surface area contributed by atoms with Crippen LogP contribution in [0.4, 0.5) is 0 Å². The van der Waals surface area contributed by atoms with Gasteiger partial charge in [0.15, 0.2) is 0 Å². The standard InChI is InChI=1S/C11H20BrN5/c1-13-7-9(10-11(12)15-8-14-10)17-5-3-16(2)4-6-17/h8-9,13H,3-7H2,1-2H3,(H,14,15). The highest BCUT2D eigenvalue weighted by atomic mass is 79.9. The fraction of sp³-hybridized carbons (Fsp3) is 0.727. The van der Waals surface area contributed by atoms with Crippen LogP contribution in [-0.4, -0.2) is 66.6 Å². The number of rotatable bonds is 4. The fourth-order valence-electron chi connectivity index (χ4n) is 2.26. The molecule has 0 saturated carbocycles. The maximum atomic E-state index is 4.23. The highest BCUT2D eigenvalue weighted by Crippen LogP contribution is 2.25. The third-order valence-corrected chi connectivity index (χ3v) is 3.96. The first kappa shape index (κ1) is 13.0. The Hall–Kier alpha value is -0.430. The summed E-state index contributed by atoms with van der Waals surface area (Å²) < 4.78 is 0.927. The van der Waals surface area contributed by atoms with Gasteiger partial charge < -0.3 is 15.2 Å². The molecule has 1 unspecified atom stereocenters. The number of aromatic amines is 1. The SMILES string of the molecule is CNCC(c1[nH]cnc1Br)N1CCN(C)CC1. The van der Waals surface area contributed by atoms with Gasteiger partial charge in [-0.2, -0.15) is 0 Å². The number of aromatic nitrogens is 2. The van der Waals surface area contributed by atoms with Crippen molar-refractivity contribution in [2.75, 3.05) is 46.8 Å². The molecule has 0 radical (unpaired) electrons. The summed E-state index contributed by atoms with van der Waals surface area (Å²) >= 11 is 3.51. The van der Waals surface area contributed by atoms with Gasteiger partial charge in [0.2, 0.25) is 0 Å². The summed E-state index contributed by atoms with van der Waals surface area (Å²) in [7, 11) is 4.17. The van der Waals surface area contributed by atoms with Crippen LogP contribution in [0.1, 0.15) is 11.7 Å². The maximum Gasteiger partial charge on any atom is 0.128 e.